The van der Waals surface area contributed by atoms with Crippen LogP contribution >= 0.6 is 0 Å². The topological polar surface area (TPSA) is 80.6 Å². The Morgan fingerprint density at radius 3 is 0.909 bits per heavy atom. The van der Waals surface area contributed by atoms with Gasteiger partial charge in [-0.25, -0.2) is 0 Å². The van der Waals surface area contributed by atoms with Gasteiger partial charge in [0.05, 0.1) is 12.2 Å². The van der Waals surface area contributed by atoms with Gasteiger partial charge < -0.3 is 29.2 Å². The fraction of sp³-hybridized carbons (Fsp3) is 0.250. The largest absolute Gasteiger partial charge is 0.489 e. The third kappa shape index (κ3) is 12.2. The van der Waals surface area contributed by atoms with Gasteiger partial charge in [-0.05, 0) is 78.4 Å². The van der Waals surface area contributed by atoms with E-state index in [0.29, 0.717) is 60.6 Å². The van der Waals surface area contributed by atoms with Gasteiger partial charge in [0.25, 0.3) is 0 Å². The summed E-state index contributed by atoms with van der Waals surface area (Å²) in [4.78, 5) is 2.09. The van der Waals surface area contributed by atoms with Crippen LogP contribution in [0.1, 0.15) is 66.4 Å². The maximum atomic E-state index is 11.8. The van der Waals surface area contributed by atoms with Crippen molar-refractivity contribution in [3.63, 3.8) is 0 Å². The molecule has 0 aliphatic carbocycles. The van der Waals surface area contributed by atoms with Gasteiger partial charge >= 0.3 is 0 Å². The molecule has 6 aromatic rings. The number of aliphatic hydroxyl groups excluding tert-OH is 2. The van der Waals surface area contributed by atoms with E-state index >= 15 is 0 Å². The van der Waals surface area contributed by atoms with Gasteiger partial charge in [0.1, 0.15) is 49.4 Å². The molecule has 2 atom stereocenters. The zero-order chi connectivity index (χ0) is 38.5. The summed E-state index contributed by atoms with van der Waals surface area (Å²) < 4.78 is 24.9. The van der Waals surface area contributed by atoms with Crippen LogP contribution in [0.25, 0.3) is 0 Å². The molecule has 0 heterocycles. The number of benzene rings is 6. The molecule has 0 bridgehead atoms. The molecule has 0 aliphatic rings. The molecule has 0 aliphatic heterocycles. The molecular formula is C48H51NO6. The average Bonchev–Trinajstić information content (AvgIpc) is 3.21. The second-order valence-electron chi connectivity index (χ2n) is 14.7. The second kappa shape index (κ2) is 19.1. The van der Waals surface area contributed by atoms with Gasteiger partial charge in [-0.1, -0.05) is 121 Å². The lowest BCUT2D eigenvalue weighted by molar-refractivity contribution is 0.0192. The Morgan fingerprint density at radius 1 is 0.418 bits per heavy atom. The van der Waals surface area contributed by atoms with Crippen LogP contribution in [0.2, 0.25) is 0 Å². The van der Waals surface area contributed by atoms with Crippen molar-refractivity contribution in [3.8, 4) is 23.0 Å². The first-order chi connectivity index (χ1) is 26.7. The Balaban J connectivity index is 1.20. The summed E-state index contributed by atoms with van der Waals surface area (Å²) in [6, 6.07) is 51.1. The lowest BCUT2D eigenvalue weighted by Crippen LogP contribution is -2.45. The van der Waals surface area contributed by atoms with Crippen LogP contribution in [-0.2, 0) is 26.4 Å². The third-order valence-corrected chi connectivity index (χ3v) is 9.30. The van der Waals surface area contributed by atoms with Crippen LogP contribution in [0.5, 0.6) is 23.0 Å². The highest BCUT2D eigenvalue weighted by Crippen LogP contribution is 2.33. The highest BCUT2D eigenvalue weighted by atomic mass is 16.5. The number of hydrogen-bond acceptors (Lipinski definition) is 7. The van der Waals surface area contributed by atoms with Crippen molar-refractivity contribution < 1.29 is 29.2 Å². The summed E-state index contributed by atoms with van der Waals surface area (Å²) in [5.41, 5.74) is 5.07. The number of rotatable bonds is 18. The summed E-state index contributed by atoms with van der Waals surface area (Å²) in [6.45, 7) is 8.25. The molecule has 6 aromatic carbocycles. The molecule has 0 fully saturated rings. The number of nitrogens with zero attached hydrogens (tertiary/aromatic N) is 1. The highest BCUT2D eigenvalue weighted by molar-refractivity contribution is 5.41. The van der Waals surface area contributed by atoms with E-state index < -0.39 is 17.7 Å². The first kappa shape index (κ1) is 39.1. The van der Waals surface area contributed by atoms with Crippen molar-refractivity contribution in [1.82, 2.24) is 4.90 Å². The predicted octanol–water partition coefficient (Wildman–Crippen LogP) is 9.87. The Kier molecular flexibility index (Phi) is 13.6. The fourth-order valence-corrected chi connectivity index (χ4v) is 6.12. The van der Waals surface area contributed by atoms with E-state index in [0.717, 1.165) is 22.3 Å². The first-order valence-corrected chi connectivity index (χ1v) is 18.8. The molecule has 0 aromatic heterocycles. The van der Waals surface area contributed by atoms with Crippen LogP contribution in [0.4, 0.5) is 0 Å². The molecule has 7 nitrogen and oxygen atoms in total. The Labute approximate surface area is 325 Å². The Hall–Kier alpha value is -5.60. The van der Waals surface area contributed by atoms with E-state index in [1.807, 2.05) is 158 Å². The lowest BCUT2D eigenvalue weighted by Gasteiger charge is -2.38. The van der Waals surface area contributed by atoms with E-state index in [2.05, 4.69) is 25.7 Å². The number of hydrogen-bond donors (Lipinski definition) is 2. The number of β-amino-alcohol motifs (C(OH)–C–C–N with tert-alkyl or cyclic N) is 2. The first-order valence-electron chi connectivity index (χ1n) is 18.8. The second-order valence-corrected chi connectivity index (χ2v) is 14.7. The van der Waals surface area contributed by atoms with Crippen LogP contribution in [0.15, 0.2) is 158 Å². The molecule has 0 amide bonds. The summed E-state index contributed by atoms with van der Waals surface area (Å²) in [7, 11) is 0. The zero-order valence-electron chi connectivity index (χ0n) is 31.9. The van der Waals surface area contributed by atoms with Crippen LogP contribution in [-0.4, -0.2) is 33.7 Å². The van der Waals surface area contributed by atoms with Crippen LogP contribution in [0, 0.1) is 0 Å². The van der Waals surface area contributed by atoms with Crippen molar-refractivity contribution in [2.24, 2.45) is 0 Å². The molecule has 2 unspecified atom stereocenters. The molecule has 0 saturated heterocycles. The smallest absolute Gasteiger partial charge is 0.123 e. The van der Waals surface area contributed by atoms with Gasteiger partial charge in [-0.2, -0.15) is 0 Å². The van der Waals surface area contributed by atoms with Crippen LogP contribution in [0.3, 0.4) is 0 Å². The molecule has 7 heteroatoms. The molecule has 55 heavy (non-hydrogen) atoms. The van der Waals surface area contributed by atoms with Crippen molar-refractivity contribution in [2.45, 2.75) is 64.9 Å². The minimum atomic E-state index is -0.906. The van der Waals surface area contributed by atoms with Gasteiger partial charge in [0.15, 0.2) is 0 Å². The van der Waals surface area contributed by atoms with Gasteiger partial charge in [0.2, 0.25) is 0 Å². The maximum Gasteiger partial charge on any atom is 0.123 e. The van der Waals surface area contributed by atoms with E-state index in [9.17, 15) is 10.2 Å². The lowest BCUT2D eigenvalue weighted by atomic mass is 10.00. The van der Waals surface area contributed by atoms with Gasteiger partial charge in [-0.15, -0.1) is 0 Å². The maximum absolute atomic E-state index is 11.8. The third-order valence-electron chi connectivity index (χ3n) is 9.30. The van der Waals surface area contributed by atoms with Crippen molar-refractivity contribution in [2.75, 3.05) is 13.1 Å². The fourth-order valence-electron chi connectivity index (χ4n) is 6.12. The molecule has 284 valence electrons. The summed E-state index contributed by atoms with van der Waals surface area (Å²) >= 11 is 0. The summed E-state index contributed by atoms with van der Waals surface area (Å²) in [5.74, 6) is 2.39. The average molecular weight is 738 g/mol. The molecule has 6 rings (SSSR count). The number of aliphatic hydroxyl groups is 2. The quantitative estimate of drug-likeness (QED) is 0.0909. The minimum Gasteiger partial charge on any atom is -0.489 e. The summed E-state index contributed by atoms with van der Waals surface area (Å²) in [6.07, 6.45) is -1.81. The molecule has 2 N–H and O–H groups in total. The normalized spacial score (nSPS) is 12.5. The minimum absolute atomic E-state index is 0.252. The molecule has 0 saturated carbocycles. The van der Waals surface area contributed by atoms with Crippen molar-refractivity contribution >= 4 is 0 Å². The Morgan fingerprint density at radius 2 is 0.673 bits per heavy atom. The highest BCUT2D eigenvalue weighted by Gasteiger charge is 2.28. The zero-order valence-corrected chi connectivity index (χ0v) is 31.9. The van der Waals surface area contributed by atoms with E-state index in [1.165, 1.54) is 0 Å². The Bertz CT molecular complexity index is 1770. The van der Waals surface area contributed by atoms with E-state index in [4.69, 9.17) is 18.9 Å². The van der Waals surface area contributed by atoms with Gasteiger partial charge in [0, 0.05) is 30.8 Å². The van der Waals surface area contributed by atoms with Gasteiger partial charge in [-0.3, -0.25) is 4.90 Å². The van der Waals surface area contributed by atoms with E-state index in [-0.39, 0.29) is 13.1 Å². The molecule has 0 radical (unpaired) electrons. The molecule has 0 spiro atoms. The monoisotopic (exact) mass is 737 g/mol. The summed E-state index contributed by atoms with van der Waals surface area (Å²) in [5, 5.41) is 23.7. The SMILES string of the molecule is CC(C)(C)N(CC(O)c1cc(OCc2ccccc2)cc(OCc2ccccc2)c1)CC(O)c1cc(OCc2ccccc2)cc(OCc2ccccc2)c1. The molecular weight excluding hydrogens is 687 g/mol. The van der Waals surface area contributed by atoms with E-state index in [1.54, 1.807) is 0 Å². The van der Waals surface area contributed by atoms with Crippen molar-refractivity contribution in [3.05, 3.63) is 191 Å². The van der Waals surface area contributed by atoms with Crippen LogP contribution < -0.4 is 18.9 Å². The predicted molar refractivity (Wildman–Crippen MR) is 217 cm³/mol. The van der Waals surface area contributed by atoms with Crippen molar-refractivity contribution in [1.29, 1.82) is 0 Å². The number of ether oxygens (including phenoxy) is 4. The standard InChI is InChI=1S/C48H51NO6/c1-48(2,3)49(30-46(50)40-24-42(52-32-36-16-8-4-9-17-36)28-43(25-40)53-33-37-18-10-5-11-19-37)31-47(51)41-26-44(54-34-38-20-12-6-13-21-38)29-45(27-41)55-35-39-22-14-7-15-23-39/h4-29,46-47,50-51H,30-35H2,1-3H3.